The van der Waals surface area contributed by atoms with Crippen molar-refractivity contribution in [1.82, 2.24) is 14.3 Å². The molecule has 9 heteroatoms. The number of piperazine rings is 1. The van der Waals surface area contributed by atoms with Crippen molar-refractivity contribution in [3.63, 3.8) is 0 Å². The monoisotopic (exact) mass is 397 g/mol. The van der Waals surface area contributed by atoms with Crippen molar-refractivity contribution in [2.75, 3.05) is 42.7 Å². The van der Waals surface area contributed by atoms with E-state index in [0.717, 1.165) is 31.1 Å². The summed E-state index contributed by atoms with van der Waals surface area (Å²) in [6.07, 6.45) is 5.12. The summed E-state index contributed by atoms with van der Waals surface area (Å²) in [5.74, 6) is 2.05. The normalized spacial score (nSPS) is 27.7. The lowest BCUT2D eigenvalue weighted by Gasteiger charge is -2.39. The van der Waals surface area contributed by atoms with Gasteiger partial charge in [-0.3, -0.25) is 0 Å². The number of rotatable bonds is 5. The minimum atomic E-state index is -3.17. The van der Waals surface area contributed by atoms with Crippen LogP contribution in [0.1, 0.15) is 33.6 Å². The van der Waals surface area contributed by atoms with E-state index in [1.165, 1.54) is 6.26 Å². The number of nitrogens with zero attached hydrogens (tertiary/aromatic N) is 4. The highest BCUT2D eigenvalue weighted by molar-refractivity contribution is 7.88. The molecule has 0 aliphatic carbocycles. The first-order valence-corrected chi connectivity index (χ1v) is 11.5. The summed E-state index contributed by atoms with van der Waals surface area (Å²) in [6.45, 7) is 8.81. The molecule has 0 saturated carbocycles. The first-order chi connectivity index (χ1) is 12.8. The van der Waals surface area contributed by atoms with E-state index in [-0.39, 0.29) is 18.2 Å². The number of hydrogen-bond acceptors (Lipinski definition) is 7. The van der Waals surface area contributed by atoms with Gasteiger partial charge in [0.2, 0.25) is 10.0 Å². The molecule has 3 rings (SSSR count). The second kappa shape index (κ2) is 8.28. The Morgan fingerprint density at radius 1 is 1.30 bits per heavy atom. The Kier molecular flexibility index (Phi) is 6.22. The lowest BCUT2D eigenvalue weighted by molar-refractivity contribution is -0.0203. The van der Waals surface area contributed by atoms with Crippen LogP contribution in [-0.2, 0) is 14.8 Å². The summed E-state index contributed by atoms with van der Waals surface area (Å²) in [5.41, 5.74) is 0. The fourth-order valence-corrected chi connectivity index (χ4v) is 5.18. The highest BCUT2D eigenvalue weighted by atomic mass is 32.2. The second-order valence-corrected chi connectivity index (χ2v) is 9.84. The van der Waals surface area contributed by atoms with Crippen LogP contribution in [0.3, 0.4) is 0 Å². The SMILES string of the molecule is CC(C)[C@@H]1OCCC[C@H]1Nc1cc(N2CCN(S(C)(=O)=O)[C@@H](C)C2)ncn1. The molecular formula is C18H31N5O3S. The van der Waals surface area contributed by atoms with E-state index in [0.29, 0.717) is 25.6 Å². The largest absolute Gasteiger partial charge is 0.376 e. The third kappa shape index (κ3) is 4.89. The van der Waals surface area contributed by atoms with Gasteiger partial charge in [-0.15, -0.1) is 0 Å². The van der Waals surface area contributed by atoms with E-state index < -0.39 is 10.0 Å². The molecule has 8 nitrogen and oxygen atoms in total. The molecule has 1 N–H and O–H groups in total. The summed E-state index contributed by atoms with van der Waals surface area (Å²) in [5, 5.41) is 3.53. The van der Waals surface area contributed by atoms with Crippen LogP contribution in [0.4, 0.5) is 11.6 Å². The molecule has 0 spiro atoms. The van der Waals surface area contributed by atoms with Gasteiger partial charge in [-0.2, -0.15) is 4.31 Å². The molecule has 0 bridgehead atoms. The van der Waals surface area contributed by atoms with Crippen molar-refractivity contribution in [2.24, 2.45) is 5.92 Å². The molecule has 0 aromatic carbocycles. The molecule has 0 unspecified atom stereocenters. The van der Waals surface area contributed by atoms with Gasteiger partial charge in [-0.05, 0) is 25.7 Å². The molecule has 0 radical (unpaired) electrons. The van der Waals surface area contributed by atoms with Crippen molar-refractivity contribution in [3.05, 3.63) is 12.4 Å². The molecule has 1 aromatic heterocycles. The van der Waals surface area contributed by atoms with Crippen molar-refractivity contribution in [2.45, 2.75) is 51.8 Å². The van der Waals surface area contributed by atoms with Gasteiger partial charge in [0.1, 0.15) is 18.0 Å². The number of sulfonamides is 1. The molecule has 2 fully saturated rings. The van der Waals surface area contributed by atoms with Crippen molar-refractivity contribution >= 4 is 21.7 Å². The van der Waals surface area contributed by atoms with Gasteiger partial charge < -0.3 is 15.0 Å². The van der Waals surface area contributed by atoms with Crippen LogP contribution < -0.4 is 10.2 Å². The fourth-order valence-electron chi connectivity index (χ4n) is 4.05. The first-order valence-electron chi connectivity index (χ1n) is 9.67. The quantitative estimate of drug-likeness (QED) is 0.807. The van der Waals surface area contributed by atoms with Crippen LogP contribution in [-0.4, -0.2) is 73.4 Å². The molecule has 152 valence electrons. The molecule has 3 heterocycles. The topological polar surface area (TPSA) is 87.7 Å². The Balaban J connectivity index is 1.69. The summed E-state index contributed by atoms with van der Waals surface area (Å²) in [7, 11) is -3.17. The van der Waals surface area contributed by atoms with Gasteiger partial charge in [0.05, 0.1) is 18.4 Å². The number of aromatic nitrogens is 2. The van der Waals surface area contributed by atoms with E-state index in [9.17, 15) is 8.42 Å². The van der Waals surface area contributed by atoms with Crippen molar-refractivity contribution in [1.29, 1.82) is 0 Å². The molecular weight excluding hydrogens is 366 g/mol. The third-order valence-electron chi connectivity index (χ3n) is 5.33. The maximum atomic E-state index is 11.9. The maximum Gasteiger partial charge on any atom is 0.211 e. The lowest BCUT2D eigenvalue weighted by atomic mass is 9.94. The number of anilines is 2. The van der Waals surface area contributed by atoms with Crippen LogP contribution in [0.2, 0.25) is 0 Å². The molecule has 2 aliphatic heterocycles. The smallest absolute Gasteiger partial charge is 0.211 e. The van der Waals surface area contributed by atoms with Crippen LogP contribution in [0, 0.1) is 5.92 Å². The second-order valence-electron chi connectivity index (χ2n) is 7.90. The van der Waals surface area contributed by atoms with Crippen molar-refractivity contribution in [3.8, 4) is 0 Å². The van der Waals surface area contributed by atoms with Crippen LogP contribution in [0.25, 0.3) is 0 Å². The number of nitrogens with one attached hydrogen (secondary N) is 1. The highest BCUT2D eigenvalue weighted by Gasteiger charge is 2.31. The summed E-state index contributed by atoms with van der Waals surface area (Å²) in [4.78, 5) is 10.9. The van der Waals surface area contributed by atoms with E-state index in [2.05, 4.69) is 34.0 Å². The molecule has 2 aliphatic rings. The average Bonchev–Trinajstić information content (AvgIpc) is 2.61. The standard InChI is InChI=1S/C18H31N5O3S/c1-13(2)18-15(6-5-9-26-18)21-16-10-17(20-12-19-16)22-7-8-23(14(3)11-22)27(4,24)25/h10,12-15,18H,5-9,11H2,1-4H3,(H,19,20,21)/t14-,15+,18-/m0/s1. The Bertz CT molecular complexity index is 742. The van der Waals surface area contributed by atoms with Gasteiger partial charge >= 0.3 is 0 Å². The van der Waals surface area contributed by atoms with Gasteiger partial charge in [-0.25, -0.2) is 18.4 Å². The zero-order valence-corrected chi connectivity index (χ0v) is 17.4. The molecule has 0 amide bonds. The molecule has 1 aromatic rings. The van der Waals surface area contributed by atoms with Crippen LogP contribution in [0.15, 0.2) is 12.4 Å². The van der Waals surface area contributed by atoms with E-state index in [1.807, 2.05) is 13.0 Å². The van der Waals surface area contributed by atoms with E-state index >= 15 is 0 Å². The Hall–Kier alpha value is -1.45. The van der Waals surface area contributed by atoms with Crippen LogP contribution in [0.5, 0.6) is 0 Å². The summed E-state index contributed by atoms with van der Waals surface area (Å²) < 4.78 is 31.2. The maximum absolute atomic E-state index is 11.9. The number of ether oxygens (including phenoxy) is 1. The van der Waals surface area contributed by atoms with E-state index in [4.69, 9.17) is 4.74 Å². The predicted octanol–water partition coefficient (Wildman–Crippen LogP) is 1.56. The zero-order chi connectivity index (χ0) is 19.6. The zero-order valence-electron chi connectivity index (χ0n) is 16.6. The Morgan fingerprint density at radius 2 is 2.07 bits per heavy atom. The van der Waals surface area contributed by atoms with E-state index in [1.54, 1.807) is 10.6 Å². The third-order valence-corrected chi connectivity index (χ3v) is 6.72. The summed E-state index contributed by atoms with van der Waals surface area (Å²) >= 11 is 0. The fraction of sp³-hybridized carbons (Fsp3) is 0.778. The first kappa shape index (κ1) is 20.3. The van der Waals surface area contributed by atoms with Crippen molar-refractivity contribution < 1.29 is 13.2 Å². The molecule has 3 atom stereocenters. The Labute approximate surface area is 162 Å². The van der Waals surface area contributed by atoms with Gasteiger partial charge in [0, 0.05) is 38.3 Å². The van der Waals surface area contributed by atoms with Crippen LogP contribution >= 0.6 is 0 Å². The summed E-state index contributed by atoms with van der Waals surface area (Å²) in [6, 6.07) is 2.11. The molecule has 2 saturated heterocycles. The van der Waals surface area contributed by atoms with Gasteiger partial charge in [-0.1, -0.05) is 13.8 Å². The highest BCUT2D eigenvalue weighted by Crippen LogP contribution is 2.25. The lowest BCUT2D eigenvalue weighted by Crippen LogP contribution is -2.53. The average molecular weight is 398 g/mol. The number of hydrogen-bond donors (Lipinski definition) is 1. The minimum absolute atomic E-state index is 0.0859. The Morgan fingerprint density at radius 3 is 2.74 bits per heavy atom. The van der Waals surface area contributed by atoms with Gasteiger partial charge in [0.25, 0.3) is 0 Å². The predicted molar refractivity (Wildman–Crippen MR) is 106 cm³/mol. The molecule has 27 heavy (non-hydrogen) atoms. The minimum Gasteiger partial charge on any atom is -0.376 e. The van der Waals surface area contributed by atoms with Gasteiger partial charge in [0.15, 0.2) is 0 Å².